The summed E-state index contributed by atoms with van der Waals surface area (Å²) in [6.45, 7) is 7.62. The van der Waals surface area contributed by atoms with Crippen LogP contribution in [0.15, 0.2) is 24.3 Å². The zero-order valence-corrected chi connectivity index (χ0v) is 16.5. The molecule has 1 aromatic carbocycles. The minimum absolute atomic E-state index is 0.0161. The van der Waals surface area contributed by atoms with Crippen LogP contribution in [0.25, 0.3) is 0 Å². The Bertz CT molecular complexity index is 653. The number of ether oxygens (including phenoxy) is 2. The van der Waals surface area contributed by atoms with Crippen molar-refractivity contribution in [1.82, 2.24) is 9.80 Å². The Morgan fingerprint density at radius 2 is 1.78 bits per heavy atom. The van der Waals surface area contributed by atoms with Crippen molar-refractivity contribution in [3.8, 4) is 5.75 Å². The van der Waals surface area contributed by atoms with Gasteiger partial charge in [-0.05, 0) is 23.6 Å². The molecule has 3 rings (SSSR count). The molecule has 6 nitrogen and oxygen atoms in total. The first-order chi connectivity index (χ1) is 13.0. The number of rotatable bonds is 5. The van der Waals surface area contributed by atoms with E-state index in [2.05, 4.69) is 0 Å². The maximum atomic E-state index is 13.2. The van der Waals surface area contributed by atoms with Gasteiger partial charge < -0.3 is 19.3 Å². The number of hydrogen-bond acceptors (Lipinski definition) is 4. The van der Waals surface area contributed by atoms with E-state index in [0.717, 1.165) is 11.3 Å². The predicted octanol–water partition coefficient (Wildman–Crippen LogP) is 2.14. The highest BCUT2D eigenvalue weighted by atomic mass is 16.5. The van der Waals surface area contributed by atoms with Gasteiger partial charge in [0.1, 0.15) is 5.75 Å². The lowest BCUT2D eigenvalue weighted by Crippen LogP contribution is -2.45. The van der Waals surface area contributed by atoms with E-state index in [1.807, 2.05) is 47.9 Å². The van der Waals surface area contributed by atoms with Crippen molar-refractivity contribution in [2.45, 2.75) is 26.2 Å². The molecular weight excluding hydrogens is 344 g/mol. The molecule has 27 heavy (non-hydrogen) atoms. The Kier molecular flexibility index (Phi) is 6.37. The van der Waals surface area contributed by atoms with Crippen LogP contribution in [-0.4, -0.2) is 68.1 Å². The van der Waals surface area contributed by atoms with E-state index < -0.39 is 0 Å². The zero-order valence-electron chi connectivity index (χ0n) is 16.5. The Morgan fingerprint density at radius 3 is 2.37 bits per heavy atom. The van der Waals surface area contributed by atoms with Gasteiger partial charge in [0.05, 0.1) is 26.2 Å². The van der Waals surface area contributed by atoms with Gasteiger partial charge in [-0.2, -0.15) is 0 Å². The number of likely N-dealkylation sites (tertiary alicyclic amines) is 1. The van der Waals surface area contributed by atoms with Gasteiger partial charge in [0.2, 0.25) is 11.8 Å². The van der Waals surface area contributed by atoms with E-state index in [1.54, 1.807) is 7.11 Å². The van der Waals surface area contributed by atoms with Crippen molar-refractivity contribution in [3.05, 3.63) is 29.8 Å². The maximum Gasteiger partial charge on any atom is 0.228 e. The van der Waals surface area contributed by atoms with Crippen molar-refractivity contribution in [3.63, 3.8) is 0 Å². The van der Waals surface area contributed by atoms with Crippen molar-refractivity contribution in [2.24, 2.45) is 11.8 Å². The average molecular weight is 374 g/mol. The Morgan fingerprint density at radius 1 is 1.11 bits per heavy atom. The molecule has 2 saturated heterocycles. The highest BCUT2D eigenvalue weighted by Crippen LogP contribution is 2.35. The number of carbonyl (C=O) groups excluding carboxylic acids is 2. The van der Waals surface area contributed by atoms with Gasteiger partial charge >= 0.3 is 0 Å². The normalized spacial score (nSPS) is 23.0. The van der Waals surface area contributed by atoms with E-state index in [0.29, 0.717) is 51.7 Å². The van der Waals surface area contributed by atoms with Gasteiger partial charge in [-0.25, -0.2) is 0 Å². The molecule has 2 amide bonds. The molecule has 2 aliphatic rings. The summed E-state index contributed by atoms with van der Waals surface area (Å²) in [6.07, 6.45) is 0.522. The molecule has 2 fully saturated rings. The Balaban J connectivity index is 1.81. The van der Waals surface area contributed by atoms with Crippen LogP contribution in [-0.2, 0) is 14.3 Å². The van der Waals surface area contributed by atoms with Crippen LogP contribution in [0.3, 0.4) is 0 Å². The van der Waals surface area contributed by atoms with Crippen LogP contribution in [0.5, 0.6) is 5.75 Å². The lowest BCUT2D eigenvalue weighted by atomic mass is 9.88. The Labute approximate surface area is 161 Å². The maximum absolute atomic E-state index is 13.2. The number of carbonyl (C=O) groups is 2. The highest BCUT2D eigenvalue weighted by Gasteiger charge is 2.42. The molecule has 0 spiro atoms. The second-order valence-electron chi connectivity index (χ2n) is 7.82. The molecule has 2 atom stereocenters. The van der Waals surface area contributed by atoms with Crippen LogP contribution in [0.1, 0.15) is 31.7 Å². The summed E-state index contributed by atoms with van der Waals surface area (Å²) < 4.78 is 10.6. The summed E-state index contributed by atoms with van der Waals surface area (Å²) in [7, 11) is 1.64. The second-order valence-corrected chi connectivity index (χ2v) is 7.82. The number of amides is 2. The van der Waals surface area contributed by atoms with E-state index in [9.17, 15) is 9.59 Å². The first-order valence-corrected chi connectivity index (χ1v) is 9.78. The zero-order chi connectivity index (χ0) is 19.4. The van der Waals surface area contributed by atoms with E-state index in [4.69, 9.17) is 9.47 Å². The minimum atomic E-state index is -0.201. The van der Waals surface area contributed by atoms with E-state index in [1.165, 1.54) is 0 Å². The monoisotopic (exact) mass is 374 g/mol. The summed E-state index contributed by atoms with van der Waals surface area (Å²) in [5.74, 6) is 1.20. The third-order valence-electron chi connectivity index (χ3n) is 5.44. The van der Waals surface area contributed by atoms with Crippen LogP contribution in [0.4, 0.5) is 0 Å². The van der Waals surface area contributed by atoms with Gasteiger partial charge in [0.15, 0.2) is 0 Å². The molecule has 0 radical (unpaired) electrons. The summed E-state index contributed by atoms with van der Waals surface area (Å²) in [4.78, 5) is 29.6. The molecule has 2 aliphatic heterocycles. The fourth-order valence-electron chi connectivity index (χ4n) is 3.94. The molecule has 0 bridgehead atoms. The van der Waals surface area contributed by atoms with Crippen molar-refractivity contribution < 1.29 is 19.1 Å². The second kappa shape index (κ2) is 8.74. The molecular formula is C21H30N2O4. The molecule has 148 valence electrons. The minimum Gasteiger partial charge on any atom is -0.497 e. The third-order valence-corrected chi connectivity index (χ3v) is 5.44. The van der Waals surface area contributed by atoms with Crippen molar-refractivity contribution >= 4 is 11.8 Å². The first-order valence-electron chi connectivity index (χ1n) is 9.78. The number of benzene rings is 1. The summed E-state index contributed by atoms with van der Waals surface area (Å²) in [6, 6.07) is 7.87. The SMILES string of the molecule is COc1ccc([C@@H]2CN(C(=O)CC(C)C)C[C@H]2C(=O)N2CCOCC2)cc1. The van der Waals surface area contributed by atoms with Crippen LogP contribution in [0, 0.1) is 11.8 Å². The molecule has 2 heterocycles. The molecule has 6 heteroatoms. The number of nitrogens with zero attached hydrogens (tertiary/aromatic N) is 2. The smallest absolute Gasteiger partial charge is 0.228 e. The fraction of sp³-hybridized carbons (Fsp3) is 0.619. The lowest BCUT2D eigenvalue weighted by molar-refractivity contribution is -0.140. The fourth-order valence-corrected chi connectivity index (χ4v) is 3.94. The summed E-state index contributed by atoms with van der Waals surface area (Å²) in [5.41, 5.74) is 1.09. The van der Waals surface area contributed by atoms with Gasteiger partial charge in [-0.15, -0.1) is 0 Å². The van der Waals surface area contributed by atoms with Gasteiger partial charge in [0, 0.05) is 38.5 Å². The predicted molar refractivity (Wildman–Crippen MR) is 103 cm³/mol. The average Bonchev–Trinajstić information content (AvgIpc) is 3.13. The van der Waals surface area contributed by atoms with Gasteiger partial charge in [-0.1, -0.05) is 26.0 Å². The molecule has 1 aromatic rings. The topological polar surface area (TPSA) is 59.1 Å². The summed E-state index contributed by atoms with van der Waals surface area (Å²) in [5, 5.41) is 0. The highest BCUT2D eigenvalue weighted by molar-refractivity contribution is 5.83. The number of morpholine rings is 1. The van der Waals surface area contributed by atoms with Crippen molar-refractivity contribution in [2.75, 3.05) is 46.5 Å². The summed E-state index contributed by atoms with van der Waals surface area (Å²) >= 11 is 0. The molecule has 0 aromatic heterocycles. The van der Waals surface area contributed by atoms with Crippen molar-refractivity contribution in [1.29, 1.82) is 0 Å². The van der Waals surface area contributed by atoms with Crippen LogP contribution >= 0.6 is 0 Å². The van der Waals surface area contributed by atoms with E-state index in [-0.39, 0.29) is 23.7 Å². The lowest BCUT2D eigenvalue weighted by Gasteiger charge is -2.30. The van der Waals surface area contributed by atoms with Gasteiger partial charge in [0.25, 0.3) is 0 Å². The van der Waals surface area contributed by atoms with Gasteiger partial charge in [-0.3, -0.25) is 9.59 Å². The number of methoxy groups -OCH3 is 1. The number of hydrogen-bond donors (Lipinski definition) is 0. The molecule has 0 aliphatic carbocycles. The van der Waals surface area contributed by atoms with Crippen LogP contribution in [0.2, 0.25) is 0 Å². The Hall–Kier alpha value is -2.08. The molecule has 0 saturated carbocycles. The third kappa shape index (κ3) is 4.61. The first kappa shape index (κ1) is 19.7. The van der Waals surface area contributed by atoms with E-state index >= 15 is 0 Å². The molecule has 0 N–H and O–H groups in total. The quantitative estimate of drug-likeness (QED) is 0.792. The standard InChI is InChI=1S/C21H30N2O4/c1-15(2)12-20(24)23-13-18(16-4-6-17(26-3)7-5-16)19(14-23)21(25)22-8-10-27-11-9-22/h4-7,15,18-19H,8-14H2,1-3H3/t18-,19+/m0/s1. The molecule has 0 unspecified atom stereocenters. The van der Waals surface area contributed by atoms with Crippen LogP contribution < -0.4 is 4.74 Å². The largest absolute Gasteiger partial charge is 0.497 e.